The molecule has 1 aliphatic heterocycles. The average Bonchev–Trinajstić information content (AvgIpc) is 2.63. The third-order valence-electron chi connectivity index (χ3n) is 2.22. The normalized spacial score (nSPS) is 14.8. The van der Waals surface area contributed by atoms with E-state index in [0.29, 0.717) is 12.1 Å². The standard InChI is InChI=1S/C11H14N4.CH4O3S/c12-15-11-8-10(13-6-7-14-11)9-4-2-1-3-5-9;1-5(2,3)4/h1-5,8,13H,6-7,12H2,(H,14,15);1H3,(H,2,3,4). The zero-order valence-electron chi connectivity index (χ0n) is 11.1. The van der Waals surface area contributed by atoms with Gasteiger partial charge in [0.05, 0.1) is 12.8 Å². The van der Waals surface area contributed by atoms with Crippen molar-refractivity contribution in [2.24, 2.45) is 10.8 Å². The van der Waals surface area contributed by atoms with E-state index in [1.54, 1.807) is 0 Å². The molecule has 0 spiro atoms. The van der Waals surface area contributed by atoms with E-state index in [2.05, 4.69) is 27.9 Å². The maximum atomic E-state index is 9.19. The summed E-state index contributed by atoms with van der Waals surface area (Å²) >= 11 is 0. The average molecular weight is 298 g/mol. The monoisotopic (exact) mass is 298 g/mol. The molecule has 1 aromatic carbocycles. The van der Waals surface area contributed by atoms with Crippen LogP contribution in [0.1, 0.15) is 5.56 Å². The summed E-state index contributed by atoms with van der Waals surface area (Å²) in [4.78, 5) is 4.26. The molecule has 8 heteroatoms. The van der Waals surface area contributed by atoms with Gasteiger partial charge in [-0.25, -0.2) is 5.84 Å². The van der Waals surface area contributed by atoms with Crippen LogP contribution in [0.4, 0.5) is 0 Å². The van der Waals surface area contributed by atoms with E-state index in [0.717, 1.165) is 24.4 Å². The molecule has 110 valence electrons. The first-order valence-electron chi connectivity index (χ1n) is 5.84. The van der Waals surface area contributed by atoms with Gasteiger partial charge in [0, 0.05) is 18.3 Å². The number of hydrogen-bond donors (Lipinski definition) is 4. The van der Waals surface area contributed by atoms with Crippen LogP contribution in [-0.2, 0) is 10.1 Å². The molecule has 0 fully saturated rings. The Morgan fingerprint density at radius 2 is 1.95 bits per heavy atom. The maximum absolute atomic E-state index is 9.19. The molecule has 0 saturated carbocycles. The van der Waals surface area contributed by atoms with E-state index in [9.17, 15) is 8.42 Å². The van der Waals surface area contributed by atoms with Gasteiger partial charge >= 0.3 is 0 Å². The third-order valence-corrected chi connectivity index (χ3v) is 2.22. The van der Waals surface area contributed by atoms with E-state index in [4.69, 9.17) is 10.4 Å². The zero-order chi connectivity index (χ0) is 15.0. The molecule has 0 radical (unpaired) electrons. The van der Waals surface area contributed by atoms with Crippen molar-refractivity contribution >= 4 is 21.7 Å². The van der Waals surface area contributed by atoms with E-state index in [1.165, 1.54) is 0 Å². The largest absolute Gasteiger partial charge is 0.383 e. The van der Waals surface area contributed by atoms with Crippen molar-refractivity contribution in [3.8, 4) is 0 Å². The summed E-state index contributed by atoms with van der Waals surface area (Å²) in [5.41, 5.74) is 4.76. The highest BCUT2D eigenvalue weighted by molar-refractivity contribution is 7.85. The lowest BCUT2D eigenvalue weighted by atomic mass is 10.1. The fraction of sp³-hybridized carbons (Fsp3) is 0.250. The van der Waals surface area contributed by atoms with Gasteiger partial charge in [-0.3, -0.25) is 9.55 Å². The molecule has 20 heavy (non-hydrogen) atoms. The predicted molar refractivity (Wildman–Crippen MR) is 79.5 cm³/mol. The summed E-state index contributed by atoms with van der Waals surface area (Å²) in [6.45, 7) is 1.55. The number of amidine groups is 1. The minimum Gasteiger partial charge on any atom is -0.383 e. The van der Waals surface area contributed by atoms with Gasteiger partial charge in [0.25, 0.3) is 10.1 Å². The van der Waals surface area contributed by atoms with Crippen LogP contribution in [0.5, 0.6) is 0 Å². The van der Waals surface area contributed by atoms with Crippen molar-refractivity contribution in [3.63, 3.8) is 0 Å². The third kappa shape index (κ3) is 6.88. The Bertz CT molecular complexity index is 574. The molecule has 1 aliphatic rings. The predicted octanol–water partition coefficient (Wildman–Crippen LogP) is -0.00350. The van der Waals surface area contributed by atoms with E-state index < -0.39 is 10.1 Å². The number of nitrogens with one attached hydrogen (secondary N) is 2. The highest BCUT2D eigenvalue weighted by Crippen LogP contribution is 2.11. The molecular weight excluding hydrogens is 280 g/mol. The number of aliphatic imine (C=N–C) groups is 1. The lowest BCUT2D eigenvalue weighted by Gasteiger charge is -2.07. The Labute approximate surface area is 118 Å². The Morgan fingerprint density at radius 1 is 1.35 bits per heavy atom. The Hall–Kier alpha value is -1.90. The van der Waals surface area contributed by atoms with Gasteiger partial charge in [0.15, 0.2) is 0 Å². The van der Waals surface area contributed by atoms with Crippen LogP contribution in [-0.4, -0.2) is 38.2 Å². The number of benzene rings is 1. The van der Waals surface area contributed by atoms with Crippen LogP contribution in [0.3, 0.4) is 0 Å². The molecule has 0 aliphatic carbocycles. The number of hydrazine groups is 1. The van der Waals surface area contributed by atoms with Crippen LogP contribution in [0.15, 0.2) is 41.4 Å². The van der Waals surface area contributed by atoms with Gasteiger partial charge in [0.1, 0.15) is 5.84 Å². The van der Waals surface area contributed by atoms with Gasteiger partial charge in [-0.1, -0.05) is 30.3 Å². The summed E-state index contributed by atoms with van der Waals surface area (Å²) in [6.07, 6.45) is 2.63. The van der Waals surface area contributed by atoms with E-state index in [1.807, 2.05) is 24.3 Å². The first-order valence-corrected chi connectivity index (χ1v) is 7.69. The van der Waals surface area contributed by atoms with Crippen molar-refractivity contribution in [2.45, 2.75) is 0 Å². The fourth-order valence-corrected chi connectivity index (χ4v) is 1.49. The molecule has 0 unspecified atom stereocenters. The van der Waals surface area contributed by atoms with E-state index in [-0.39, 0.29) is 0 Å². The van der Waals surface area contributed by atoms with Crippen molar-refractivity contribution in [1.82, 2.24) is 10.7 Å². The van der Waals surface area contributed by atoms with Gasteiger partial charge < -0.3 is 10.7 Å². The number of nitrogens with zero attached hydrogens (tertiary/aromatic N) is 1. The van der Waals surface area contributed by atoms with Crippen molar-refractivity contribution in [2.75, 3.05) is 19.3 Å². The smallest absolute Gasteiger partial charge is 0.261 e. The molecule has 2 rings (SSSR count). The number of rotatable bonds is 1. The molecule has 0 aromatic heterocycles. The second-order valence-corrected chi connectivity index (χ2v) is 5.46. The molecule has 5 N–H and O–H groups in total. The topological polar surface area (TPSA) is 117 Å². The van der Waals surface area contributed by atoms with Gasteiger partial charge in [-0.05, 0) is 5.56 Å². The minimum absolute atomic E-state index is 0.707. The van der Waals surface area contributed by atoms with Crippen LogP contribution in [0, 0.1) is 0 Å². The Morgan fingerprint density at radius 3 is 2.50 bits per heavy atom. The molecule has 1 aromatic rings. The van der Waals surface area contributed by atoms with Crippen molar-refractivity contribution < 1.29 is 13.0 Å². The molecule has 1 heterocycles. The first kappa shape index (κ1) is 16.2. The quantitative estimate of drug-likeness (QED) is 0.329. The van der Waals surface area contributed by atoms with Gasteiger partial charge in [0.2, 0.25) is 0 Å². The van der Waals surface area contributed by atoms with Crippen LogP contribution in [0.2, 0.25) is 0 Å². The summed E-state index contributed by atoms with van der Waals surface area (Å²) in [5.74, 6) is 6.07. The van der Waals surface area contributed by atoms with Gasteiger partial charge in [-0.2, -0.15) is 8.42 Å². The SMILES string of the molecule is CS(=O)(=O)O.NNC1=NCCNC(c2ccccc2)=C1. The fourth-order valence-electron chi connectivity index (χ4n) is 1.49. The lowest BCUT2D eigenvalue weighted by molar-refractivity contribution is 0.490. The molecule has 0 saturated heterocycles. The molecule has 0 bridgehead atoms. The highest BCUT2D eigenvalue weighted by Gasteiger charge is 2.05. The van der Waals surface area contributed by atoms with Crippen LogP contribution >= 0.6 is 0 Å². The first-order chi connectivity index (χ1) is 9.40. The van der Waals surface area contributed by atoms with Crippen molar-refractivity contribution in [1.29, 1.82) is 0 Å². The summed E-state index contributed by atoms with van der Waals surface area (Å²) in [5, 5.41) is 3.31. The Balaban J connectivity index is 0.000000347. The van der Waals surface area contributed by atoms with Crippen molar-refractivity contribution in [3.05, 3.63) is 42.0 Å². The molecule has 7 nitrogen and oxygen atoms in total. The lowest BCUT2D eigenvalue weighted by Crippen LogP contribution is -2.28. The summed E-state index contributed by atoms with van der Waals surface area (Å²) in [7, 11) is -3.67. The second-order valence-electron chi connectivity index (χ2n) is 4.00. The number of hydrogen-bond acceptors (Lipinski definition) is 6. The number of nitrogens with two attached hydrogens (primary N) is 1. The van der Waals surface area contributed by atoms with Crippen LogP contribution < -0.4 is 16.6 Å². The second kappa shape index (κ2) is 7.63. The maximum Gasteiger partial charge on any atom is 0.261 e. The minimum atomic E-state index is -3.67. The van der Waals surface area contributed by atoms with E-state index >= 15 is 0 Å². The molecular formula is C12H18N4O3S. The molecule has 0 atom stereocenters. The zero-order valence-corrected chi connectivity index (χ0v) is 11.9. The highest BCUT2D eigenvalue weighted by atomic mass is 32.2. The van der Waals surface area contributed by atoms with Gasteiger partial charge in [-0.15, -0.1) is 0 Å². The van der Waals surface area contributed by atoms with Crippen LogP contribution in [0.25, 0.3) is 5.70 Å². The summed E-state index contributed by atoms with van der Waals surface area (Å²) < 4.78 is 25.9. The Kier molecular flexibility index (Phi) is 6.16. The molecule has 0 amide bonds. The summed E-state index contributed by atoms with van der Waals surface area (Å²) in [6, 6.07) is 10.1.